The lowest BCUT2D eigenvalue weighted by atomic mass is 10.2. The molecule has 4 N–H and O–H groups in total. The summed E-state index contributed by atoms with van der Waals surface area (Å²) < 4.78 is 39.4. The summed E-state index contributed by atoms with van der Waals surface area (Å²) in [6, 6.07) is 3.68. The molecular weight excluding hydrogens is 291 g/mol. The molecule has 10 heteroatoms. The molecule has 1 aromatic heterocycles. The quantitative estimate of drug-likeness (QED) is 0.346. The molecule has 1 aromatic carbocycles. The number of hydrogen-bond acceptors (Lipinski definition) is 6. The molecule has 2 aromatic rings. The molecule has 0 aliphatic carbocycles. The fourth-order valence-electron chi connectivity index (χ4n) is 1.52. The van der Waals surface area contributed by atoms with Gasteiger partial charge in [0.05, 0.1) is 22.7 Å². The van der Waals surface area contributed by atoms with Crippen molar-refractivity contribution in [2.24, 2.45) is 5.84 Å². The van der Waals surface area contributed by atoms with Gasteiger partial charge in [-0.25, -0.2) is 24.0 Å². The van der Waals surface area contributed by atoms with E-state index in [-0.39, 0.29) is 17.3 Å². The Hall–Kier alpha value is -2.88. The van der Waals surface area contributed by atoms with Crippen LogP contribution in [0.2, 0.25) is 0 Å². The van der Waals surface area contributed by atoms with Gasteiger partial charge < -0.3 is 10.7 Å². The molecule has 0 atom stereocenters. The summed E-state index contributed by atoms with van der Waals surface area (Å²) in [5.74, 6) is 0.399. The number of nitrogens with two attached hydrogens (primary N) is 1. The highest BCUT2D eigenvalue weighted by Crippen LogP contribution is 2.26. The van der Waals surface area contributed by atoms with E-state index in [2.05, 4.69) is 15.7 Å². The highest BCUT2D eigenvalue weighted by molar-refractivity contribution is 5.62. The Balaban J connectivity index is 2.42. The van der Waals surface area contributed by atoms with Crippen LogP contribution in [0.1, 0.15) is 0 Å². The van der Waals surface area contributed by atoms with Crippen LogP contribution >= 0.6 is 0 Å². The fraction of sp³-hybridized carbons (Fsp3) is 0. The van der Waals surface area contributed by atoms with Gasteiger partial charge in [0.1, 0.15) is 11.6 Å². The largest absolute Gasteiger partial charge is 0.337 e. The maximum atomic E-state index is 13.5. The Labute approximate surface area is 115 Å². The normalized spacial score (nSPS) is 10.3. The smallest absolute Gasteiger partial charge is 0.276 e. The van der Waals surface area contributed by atoms with Crippen molar-refractivity contribution in [2.75, 3.05) is 10.7 Å². The van der Waals surface area contributed by atoms with Crippen LogP contribution in [-0.4, -0.2) is 9.91 Å². The molecule has 0 bridgehead atoms. The van der Waals surface area contributed by atoms with Crippen molar-refractivity contribution < 1.29 is 18.1 Å². The summed E-state index contributed by atoms with van der Waals surface area (Å²) in [5.41, 5.74) is 1.30. The predicted molar refractivity (Wildman–Crippen MR) is 68.3 cm³/mol. The third kappa shape index (κ3) is 3.00. The summed E-state index contributed by atoms with van der Waals surface area (Å²) in [6.07, 6.45) is 0. The number of aromatic nitrogens is 1. The van der Waals surface area contributed by atoms with E-state index in [4.69, 9.17) is 5.84 Å². The zero-order chi connectivity index (χ0) is 15.6. The van der Waals surface area contributed by atoms with Gasteiger partial charge in [0.25, 0.3) is 5.69 Å². The van der Waals surface area contributed by atoms with Crippen LogP contribution in [0.15, 0.2) is 24.3 Å². The van der Waals surface area contributed by atoms with E-state index in [1.54, 1.807) is 0 Å². The van der Waals surface area contributed by atoms with Gasteiger partial charge in [0, 0.05) is 0 Å². The number of anilines is 3. The van der Waals surface area contributed by atoms with Crippen molar-refractivity contribution in [1.82, 2.24) is 4.98 Å². The minimum Gasteiger partial charge on any atom is -0.337 e. The molecule has 0 saturated carbocycles. The molecule has 0 aliphatic rings. The van der Waals surface area contributed by atoms with Crippen molar-refractivity contribution in [2.45, 2.75) is 0 Å². The number of nitrogen functional groups attached to an aromatic ring is 1. The molecule has 1 heterocycles. The Bertz CT molecular complexity index is 710. The van der Waals surface area contributed by atoms with Crippen molar-refractivity contribution in [1.29, 1.82) is 0 Å². The highest BCUT2D eigenvalue weighted by atomic mass is 19.2. The zero-order valence-electron chi connectivity index (χ0n) is 10.2. The summed E-state index contributed by atoms with van der Waals surface area (Å²) in [5, 5.41) is 13.1. The first kappa shape index (κ1) is 14.5. The molecule has 0 saturated heterocycles. The van der Waals surface area contributed by atoms with E-state index in [9.17, 15) is 23.3 Å². The van der Waals surface area contributed by atoms with Gasteiger partial charge in [-0.05, 0) is 12.1 Å². The van der Waals surface area contributed by atoms with Crippen molar-refractivity contribution in [3.63, 3.8) is 0 Å². The highest BCUT2D eigenvalue weighted by Gasteiger charge is 2.16. The maximum Gasteiger partial charge on any atom is 0.276 e. The maximum absolute atomic E-state index is 13.5. The first-order valence-corrected chi connectivity index (χ1v) is 5.46. The first-order valence-electron chi connectivity index (χ1n) is 5.46. The Morgan fingerprint density at radius 1 is 1.14 bits per heavy atom. The third-order valence-corrected chi connectivity index (χ3v) is 2.47. The number of rotatable bonds is 4. The van der Waals surface area contributed by atoms with Gasteiger partial charge in [-0.2, -0.15) is 0 Å². The molecule has 0 spiro atoms. The van der Waals surface area contributed by atoms with Crippen LogP contribution < -0.4 is 16.6 Å². The van der Waals surface area contributed by atoms with Crippen LogP contribution in [0, 0.1) is 27.6 Å². The summed E-state index contributed by atoms with van der Waals surface area (Å²) in [4.78, 5) is 13.8. The van der Waals surface area contributed by atoms with Crippen molar-refractivity contribution in [3.8, 4) is 0 Å². The zero-order valence-corrected chi connectivity index (χ0v) is 10.2. The topological polar surface area (TPSA) is 106 Å². The molecule has 21 heavy (non-hydrogen) atoms. The second kappa shape index (κ2) is 5.63. The average Bonchev–Trinajstić information content (AvgIpc) is 2.47. The van der Waals surface area contributed by atoms with E-state index >= 15 is 0 Å². The van der Waals surface area contributed by atoms with Gasteiger partial charge in [0.2, 0.25) is 0 Å². The minimum atomic E-state index is -1.66. The molecular formula is C11H8F3N5O2. The molecule has 0 fully saturated rings. The Morgan fingerprint density at radius 3 is 2.43 bits per heavy atom. The van der Waals surface area contributed by atoms with Gasteiger partial charge in [0.15, 0.2) is 17.5 Å². The van der Waals surface area contributed by atoms with Gasteiger partial charge >= 0.3 is 0 Å². The predicted octanol–water partition coefficient (Wildman–Crippen LogP) is 2.44. The van der Waals surface area contributed by atoms with Gasteiger partial charge in [-0.1, -0.05) is 0 Å². The second-order valence-corrected chi connectivity index (χ2v) is 3.85. The molecule has 7 nitrogen and oxygen atoms in total. The third-order valence-electron chi connectivity index (χ3n) is 2.47. The molecule has 110 valence electrons. The Morgan fingerprint density at radius 2 is 1.81 bits per heavy atom. The molecule has 0 amide bonds. The lowest BCUT2D eigenvalue weighted by Crippen LogP contribution is -2.10. The number of pyridine rings is 1. The van der Waals surface area contributed by atoms with Crippen LogP contribution in [0.5, 0.6) is 0 Å². The van der Waals surface area contributed by atoms with E-state index in [1.165, 1.54) is 0 Å². The van der Waals surface area contributed by atoms with E-state index in [1.807, 2.05) is 0 Å². The van der Waals surface area contributed by atoms with Crippen LogP contribution in [0.4, 0.5) is 36.2 Å². The Kier molecular flexibility index (Phi) is 3.89. The molecule has 0 aliphatic heterocycles. The van der Waals surface area contributed by atoms with Crippen molar-refractivity contribution in [3.05, 3.63) is 51.8 Å². The van der Waals surface area contributed by atoms with Crippen LogP contribution in [0.3, 0.4) is 0 Å². The van der Waals surface area contributed by atoms with E-state index in [0.29, 0.717) is 6.07 Å². The molecule has 0 unspecified atom stereocenters. The number of nitrogens with one attached hydrogen (secondary N) is 2. The van der Waals surface area contributed by atoms with Crippen LogP contribution in [-0.2, 0) is 0 Å². The van der Waals surface area contributed by atoms with E-state index in [0.717, 1.165) is 18.2 Å². The summed E-state index contributed by atoms with van der Waals surface area (Å²) in [6.45, 7) is 0. The standard InChI is InChI=1S/C11H8F3N5O2/c12-6-1-2-7(11(14)10(6)13)16-8-3-5(19(20)21)4-9(17-8)18-15/h1-4H,15H2,(H2,16,17,18). The lowest BCUT2D eigenvalue weighted by Gasteiger charge is -2.09. The van der Waals surface area contributed by atoms with Gasteiger partial charge in [-0.15, -0.1) is 0 Å². The number of hydrogen-bond donors (Lipinski definition) is 3. The lowest BCUT2D eigenvalue weighted by molar-refractivity contribution is -0.384. The number of nitrogens with zero attached hydrogens (tertiary/aromatic N) is 2. The molecule has 0 radical (unpaired) electrons. The SMILES string of the molecule is NNc1cc([N+](=O)[O-])cc(Nc2ccc(F)c(F)c2F)n1. The number of hydrazine groups is 1. The second-order valence-electron chi connectivity index (χ2n) is 3.85. The number of benzene rings is 1. The first-order chi connectivity index (χ1) is 9.92. The summed E-state index contributed by atoms with van der Waals surface area (Å²) in [7, 11) is 0. The number of nitro groups is 1. The minimum absolute atomic E-state index is 0.0605. The fourth-order valence-corrected chi connectivity index (χ4v) is 1.52. The molecule has 2 rings (SSSR count). The average molecular weight is 299 g/mol. The van der Waals surface area contributed by atoms with Gasteiger partial charge in [-0.3, -0.25) is 10.1 Å². The van der Waals surface area contributed by atoms with Crippen molar-refractivity contribution >= 4 is 23.0 Å². The number of halogens is 3. The summed E-state index contributed by atoms with van der Waals surface area (Å²) >= 11 is 0. The van der Waals surface area contributed by atoms with Crippen LogP contribution in [0.25, 0.3) is 0 Å². The monoisotopic (exact) mass is 299 g/mol. The van der Waals surface area contributed by atoms with E-state index < -0.39 is 28.1 Å².